The highest BCUT2D eigenvalue weighted by atomic mass is 32.2. The molecule has 0 spiro atoms. The fourth-order valence-corrected chi connectivity index (χ4v) is 5.00. The molecule has 0 saturated heterocycles. The molecule has 4 rings (SSSR count). The number of nitrogens with zero attached hydrogens (tertiary/aromatic N) is 5. The van der Waals surface area contributed by atoms with Crippen LogP contribution in [0, 0.1) is 25.2 Å². The molecule has 1 N–H and O–H groups in total. The molecular weight excluding hydrogens is 436 g/mol. The molecule has 3 heterocycles. The average molecular weight is 455 g/mol. The number of amides is 1. The molecule has 0 atom stereocenters. The van der Waals surface area contributed by atoms with E-state index < -0.39 is 9.84 Å². The van der Waals surface area contributed by atoms with Gasteiger partial charge in [0.1, 0.15) is 11.6 Å². The van der Waals surface area contributed by atoms with Gasteiger partial charge in [0.15, 0.2) is 20.6 Å². The maximum Gasteiger partial charge on any atom is 0.226 e. The average Bonchev–Trinajstić information content (AvgIpc) is 3.29. The maximum atomic E-state index is 12.5. The SMILES string of the molecule is Cc1nc2c(C#N)cnn2c(C)c1CCC(=O)Nc1nc2ccc(S(C)(=O)=O)cc2s1. The zero-order chi connectivity index (χ0) is 22.3. The van der Waals surface area contributed by atoms with Crippen molar-refractivity contribution >= 4 is 48.1 Å². The van der Waals surface area contributed by atoms with E-state index in [-0.39, 0.29) is 17.2 Å². The van der Waals surface area contributed by atoms with Crippen molar-refractivity contribution in [2.75, 3.05) is 11.6 Å². The predicted octanol–water partition coefficient (Wildman–Crippen LogP) is 2.80. The lowest BCUT2D eigenvalue weighted by Gasteiger charge is -2.10. The molecule has 0 fully saturated rings. The van der Waals surface area contributed by atoms with Crippen molar-refractivity contribution in [3.8, 4) is 6.07 Å². The van der Waals surface area contributed by atoms with Crippen LogP contribution in [-0.2, 0) is 21.1 Å². The van der Waals surface area contributed by atoms with Crippen molar-refractivity contribution in [3.63, 3.8) is 0 Å². The number of hydrogen-bond donors (Lipinski definition) is 1. The van der Waals surface area contributed by atoms with E-state index in [9.17, 15) is 13.2 Å². The summed E-state index contributed by atoms with van der Waals surface area (Å²) in [7, 11) is -3.31. The van der Waals surface area contributed by atoms with Crippen molar-refractivity contribution in [1.29, 1.82) is 5.26 Å². The summed E-state index contributed by atoms with van der Waals surface area (Å²) in [6.45, 7) is 3.73. The van der Waals surface area contributed by atoms with Gasteiger partial charge in [-0.1, -0.05) is 11.3 Å². The van der Waals surface area contributed by atoms with Crippen molar-refractivity contribution in [2.24, 2.45) is 0 Å². The van der Waals surface area contributed by atoms with Gasteiger partial charge in [-0.2, -0.15) is 10.4 Å². The van der Waals surface area contributed by atoms with Crippen LogP contribution in [0.2, 0.25) is 0 Å². The summed E-state index contributed by atoms with van der Waals surface area (Å²) in [5.41, 5.74) is 4.03. The predicted molar refractivity (Wildman–Crippen MR) is 117 cm³/mol. The fraction of sp³-hybridized carbons (Fsp3) is 0.250. The van der Waals surface area contributed by atoms with Crippen LogP contribution in [0.4, 0.5) is 5.13 Å². The molecule has 0 unspecified atom stereocenters. The summed E-state index contributed by atoms with van der Waals surface area (Å²) in [6.07, 6.45) is 3.30. The van der Waals surface area contributed by atoms with Gasteiger partial charge < -0.3 is 5.32 Å². The minimum atomic E-state index is -3.31. The highest BCUT2D eigenvalue weighted by molar-refractivity contribution is 7.90. The second-order valence-corrected chi connectivity index (χ2v) is 10.2. The molecule has 11 heteroatoms. The third-order valence-corrected chi connectivity index (χ3v) is 7.01. The molecular formula is C20H18N6O3S2. The number of fused-ring (bicyclic) bond motifs is 2. The number of aromatic nitrogens is 4. The highest BCUT2D eigenvalue weighted by Gasteiger charge is 2.16. The summed E-state index contributed by atoms with van der Waals surface area (Å²) >= 11 is 1.23. The molecule has 0 aliphatic carbocycles. The van der Waals surface area contributed by atoms with E-state index in [4.69, 9.17) is 5.26 Å². The van der Waals surface area contributed by atoms with Gasteiger partial charge in [-0.05, 0) is 44.0 Å². The Kier molecular flexibility index (Phi) is 5.20. The van der Waals surface area contributed by atoms with E-state index in [0.717, 1.165) is 23.2 Å². The Hall–Kier alpha value is -3.36. The van der Waals surface area contributed by atoms with Crippen LogP contribution in [0.3, 0.4) is 0 Å². The number of aryl methyl sites for hydroxylation is 2. The van der Waals surface area contributed by atoms with Gasteiger partial charge in [0, 0.05) is 24.1 Å². The Labute approximate surface area is 182 Å². The summed E-state index contributed by atoms with van der Waals surface area (Å²) in [6, 6.07) is 6.77. The smallest absolute Gasteiger partial charge is 0.226 e. The summed E-state index contributed by atoms with van der Waals surface area (Å²) < 4.78 is 25.8. The number of sulfone groups is 1. The molecule has 31 heavy (non-hydrogen) atoms. The summed E-state index contributed by atoms with van der Waals surface area (Å²) in [5, 5.41) is 16.6. The standard InChI is InChI=1S/C20H18N6O3S2/c1-11-15(12(2)26-19(23-11)13(9-21)10-22-26)5-7-18(27)25-20-24-16-6-4-14(31(3,28)29)8-17(16)30-20/h4,6,8,10H,5,7H2,1-3H3,(H,24,25,27). The van der Waals surface area contributed by atoms with Gasteiger partial charge in [0.05, 0.1) is 21.3 Å². The molecule has 0 saturated carbocycles. The van der Waals surface area contributed by atoms with Crippen LogP contribution in [0.1, 0.15) is 28.9 Å². The molecule has 4 aromatic rings. The lowest BCUT2D eigenvalue weighted by molar-refractivity contribution is -0.116. The molecule has 3 aromatic heterocycles. The van der Waals surface area contributed by atoms with E-state index in [0.29, 0.717) is 33.0 Å². The van der Waals surface area contributed by atoms with Gasteiger partial charge in [0.2, 0.25) is 5.91 Å². The quantitative estimate of drug-likeness (QED) is 0.491. The largest absolute Gasteiger partial charge is 0.302 e. The Balaban J connectivity index is 1.50. The van der Waals surface area contributed by atoms with Gasteiger partial charge in [-0.3, -0.25) is 4.79 Å². The number of nitriles is 1. The molecule has 0 bridgehead atoms. The highest BCUT2D eigenvalue weighted by Crippen LogP contribution is 2.28. The number of thiazole rings is 1. The van der Waals surface area contributed by atoms with Crippen LogP contribution >= 0.6 is 11.3 Å². The van der Waals surface area contributed by atoms with E-state index in [1.807, 2.05) is 13.8 Å². The molecule has 0 radical (unpaired) electrons. The number of anilines is 1. The van der Waals surface area contributed by atoms with E-state index >= 15 is 0 Å². The second kappa shape index (κ2) is 7.72. The number of benzene rings is 1. The minimum Gasteiger partial charge on any atom is -0.302 e. The van der Waals surface area contributed by atoms with Gasteiger partial charge in [0.25, 0.3) is 0 Å². The van der Waals surface area contributed by atoms with E-state index in [1.54, 1.807) is 16.6 Å². The van der Waals surface area contributed by atoms with Crippen LogP contribution < -0.4 is 5.32 Å². The van der Waals surface area contributed by atoms with Crippen LogP contribution in [0.15, 0.2) is 29.3 Å². The number of carbonyl (C=O) groups is 1. The molecule has 1 amide bonds. The fourth-order valence-electron chi connectivity index (χ4n) is 3.36. The van der Waals surface area contributed by atoms with Crippen molar-refractivity contribution in [3.05, 3.63) is 46.9 Å². The second-order valence-electron chi connectivity index (χ2n) is 7.14. The van der Waals surface area contributed by atoms with Crippen molar-refractivity contribution in [2.45, 2.75) is 31.6 Å². The zero-order valence-electron chi connectivity index (χ0n) is 17.0. The third kappa shape index (κ3) is 3.99. The number of carbonyl (C=O) groups excluding carboxylic acids is 1. The van der Waals surface area contributed by atoms with E-state index in [1.165, 1.54) is 23.6 Å². The first kappa shape index (κ1) is 20.9. The lowest BCUT2D eigenvalue weighted by atomic mass is 10.1. The number of rotatable bonds is 5. The molecule has 0 aliphatic rings. The molecule has 0 aliphatic heterocycles. The van der Waals surface area contributed by atoms with Crippen LogP contribution in [0.25, 0.3) is 15.9 Å². The zero-order valence-corrected chi connectivity index (χ0v) is 18.6. The Morgan fingerprint density at radius 1 is 1.29 bits per heavy atom. The summed E-state index contributed by atoms with van der Waals surface area (Å²) in [5.74, 6) is -0.209. The first-order valence-corrected chi connectivity index (χ1v) is 12.0. The van der Waals surface area contributed by atoms with Crippen LogP contribution in [0.5, 0.6) is 0 Å². The summed E-state index contributed by atoms with van der Waals surface area (Å²) in [4.78, 5) is 21.5. The molecule has 1 aromatic carbocycles. The van der Waals surface area contributed by atoms with Gasteiger partial charge in [-0.25, -0.2) is 22.9 Å². The number of hydrogen-bond acceptors (Lipinski definition) is 8. The number of nitrogens with one attached hydrogen (secondary N) is 1. The molecule has 158 valence electrons. The Morgan fingerprint density at radius 2 is 2.06 bits per heavy atom. The maximum absolute atomic E-state index is 12.5. The third-order valence-electron chi connectivity index (χ3n) is 4.97. The first-order valence-electron chi connectivity index (χ1n) is 9.32. The van der Waals surface area contributed by atoms with Gasteiger partial charge in [-0.15, -0.1) is 0 Å². The molecule has 9 nitrogen and oxygen atoms in total. The lowest BCUT2D eigenvalue weighted by Crippen LogP contribution is -2.14. The Morgan fingerprint density at radius 3 is 2.77 bits per heavy atom. The van der Waals surface area contributed by atoms with Crippen molar-refractivity contribution in [1.82, 2.24) is 19.6 Å². The minimum absolute atomic E-state index is 0.209. The van der Waals surface area contributed by atoms with Crippen molar-refractivity contribution < 1.29 is 13.2 Å². The first-order chi connectivity index (χ1) is 14.7. The Bertz CT molecular complexity index is 1490. The van der Waals surface area contributed by atoms with E-state index in [2.05, 4.69) is 26.5 Å². The topological polar surface area (TPSA) is 130 Å². The van der Waals surface area contributed by atoms with Gasteiger partial charge >= 0.3 is 0 Å². The monoisotopic (exact) mass is 454 g/mol. The normalized spacial score (nSPS) is 11.7. The van der Waals surface area contributed by atoms with Crippen LogP contribution in [-0.4, -0.2) is 40.2 Å².